The minimum Gasteiger partial charge on any atom is -0.508 e. The molecule has 43 heavy (non-hydrogen) atoms. The predicted octanol–water partition coefficient (Wildman–Crippen LogP) is 4.59. The lowest BCUT2D eigenvalue weighted by molar-refractivity contribution is 0.107. The van der Waals surface area contributed by atoms with Crippen LogP contribution in [0.4, 0.5) is 14.6 Å². The Morgan fingerprint density at radius 1 is 1.19 bits per heavy atom. The molecule has 4 atom stereocenters. The summed E-state index contributed by atoms with van der Waals surface area (Å²) in [6.45, 7) is 5.30. The van der Waals surface area contributed by atoms with Gasteiger partial charge in [-0.2, -0.15) is 9.97 Å². The molecule has 2 N–H and O–H groups in total. The maximum absolute atomic E-state index is 16.8. The van der Waals surface area contributed by atoms with Crippen molar-refractivity contribution >= 4 is 27.5 Å². The normalized spacial score (nSPS) is 26.8. The van der Waals surface area contributed by atoms with E-state index in [9.17, 15) is 9.50 Å². The molecule has 9 nitrogen and oxygen atoms in total. The summed E-state index contributed by atoms with van der Waals surface area (Å²) in [5.74, 6) is 0.148. The highest BCUT2D eigenvalue weighted by molar-refractivity contribution is 6.01. The van der Waals surface area contributed by atoms with Gasteiger partial charge in [0.2, 0.25) is 5.88 Å². The highest BCUT2D eigenvalue weighted by Crippen LogP contribution is 2.44. The molecular formula is C32H34F2N6O3. The van der Waals surface area contributed by atoms with Crippen molar-refractivity contribution in [2.75, 3.05) is 44.3 Å². The third-order valence-corrected chi connectivity index (χ3v) is 9.72. The zero-order valence-corrected chi connectivity index (χ0v) is 24.0. The molecule has 2 aromatic heterocycles. The quantitative estimate of drug-likeness (QED) is 0.347. The Hall–Kier alpha value is -3.83. The van der Waals surface area contributed by atoms with Crippen molar-refractivity contribution in [3.63, 3.8) is 0 Å². The standard InChI is InChI=1S/C32H34F2N6O3/c1-2-20-15-40-21(13-35-20)16-42-30-25-28(26(34)27(36-30)24-11-22(41)10-18-6-3-4-7-23(18)24)37-31(38-29(25)40)43-17-32-8-5-9-39(32)14-19(33)12-32/h3-4,6-7,10-11,19-21,35,41H,2,5,8-9,12-17H2,1H3/t19-,20-,21-,32+/m1/s1. The number of anilines is 1. The van der Waals surface area contributed by atoms with Crippen molar-refractivity contribution in [3.05, 3.63) is 42.2 Å². The van der Waals surface area contributed by atoms with Crippen LogP contribution in [0.5, 0.6) is 17.6 Å². The Kier molecular flexibility index (Phi) is 6.30. The topological polar surface area (TPSA) is 95.9 Å². The highest BCUT2D eigenvalue weighted by Gasteiger charge is 2.49. The molecule has 0 unspecified atom stereocenters. The van der Waals surface area contributed by atoms with Gasteiger partial charge in [-0.05, 0) is 48.7 Å². The van der Waals surface area contributed by atoms with Crippen LogP contribution in [0.2, 0.25) is 0 Å². The summed E-state index contributed by atoms with van der Waals surface area (Å²) in [5, 5.41) is 16.0. The number of phenols is 1. The van der Waals surface area contributed by atoms with E-state index in [1.807, 2.05) is 24.3 Å². The monoisotopic (exact) mass is 588 g/mol. The van der Waals surface area contributed by atoms with Crippen LogP contribution in [0.3, 0.4) is 0 Å². The number of fused-ring (bicyclic) bond motifs is 4. The number of aromatic hydroxyl groups is 1. The van der Waals surface area contributed by atoms with Gasteiger partial charge in [0.1, 0.15) is 47.5 Å². The van der Waals surface area contributed by atoms with E-state index in [0.29, 0.717) is 49.4 Å². The first kappa shape index (κ1) is 26.8. The van der Waals surface area contributed by atoms with Gasteiger partial charge in [-0.3, -0.25) is 4.90 Å². The third kappa shape index (κ3) is 4.35. The fourth-order valence-electron chi connectivity index (χ4n) is 7.52. The van der Waals surface area contributed by atoms with E-state index in [2.05, 4.69) is 27.0 Å². The lowest BCUT2D eigenvalue weighted by atomic mass is 9.95. The van der Waals surface area contributed by atoms with Crippen LogP contribution in [-0.2, 0) is 0 Å². The summed E-state index contributed by atoms with van der Waals surface area (Å²) < 4.78 is 43.8. The molecule has 4 aliphatic heterocycles. The minimum absolute atomic E-state index is 0.00565. The third-order valence-electron chi connectivity index (χ3n) is 9.72. The van der Waals surface area contributed by atoms with Crippen LogP contribution in [0.1, 0.15) is 32.6 Å². The summed E-state index contributed by atoms with van der Waals surface area (Å²) in [5.41, 5.74) is 0.127. The van der Waals surface area contributed by atoms with E-state index in [1.54, 1.807) is 6.07 Å². The molecule has 0 amide bonds. The molecular weight excluding hydrogens is 554 g/mol. The molecule has 8 rings (SSSR count). The van der Waals surface area contributed by atoms with Gasteiger partial charge in [-0.1, -0.05) is 31.2 Å². The number of aromatic nitrogens is 3. The molecule has 3 fully saturated rings. The number of ether oxygens (including phenoxy) is 2. The fourth-order valence-corrected chi connectivity index (χ4v) is 7.52. The number of pyridine rings is 1. The van der Waals surface area contributed by atoms with Gasteiger partial charge in [0.25, 0.3) is 0 Å². The first-order chi connectivity index (χ1) is 20.9. The van der Waals surface area contributed by atoms with Crippen molar-refractivity contribution in [2.24, 2.45) is 0 Å². The van der Waals surface area contributed by atoms with Crippen molar-refractivity contribution in [2.45, 2.75) is 56.4 Å². The number of phenolic OH excluding ortho intramolecular Hbond substituents is 1. The van der Waals surface area contributed by atoms with Gasteiger partial charge in [0, 0.05) is 37.7 Å². The Labute approximate surface area is 247 Å². The second-order valence-electron chi connectivity index (χ2n) is 12.3. The van der Waals surface area contributed by atoms with E-state index in [0.717, 1.165) is 36.6 Å². The Morgan fingerprint density at radius 2 is 2.07 bits per heavy atom. The van der Waals surface area contributed by atoms with E-state index >= 15 is 4.39 Å². The van der Waals surface area contributed by atoms with E-state index in [4.69, 9.17) is 19.4 Å². The van der Waals surface area contributed by atoms with Crippen LogP contribution in [-0.4, -0.2) is 88.1 Å². The zero-order chi connectivity index (χ0) is 29.3. The average molecular weight is 589 g/mol. The van der Waals surface area contributed by atoms with Gasteiger partial charge in [-0.25, -0.2) is 13.8 Å². The van der Waals surface area contributed by atoms with E-state index in [-0.39, 0.29) is 47.5 Å². The van der Waals surface area contributed by atoms with Crippen molar-refractivity contribution < 1.29 is 23.4 Å². The highest BCUT2D eigenvalue weighted by atomic mass is 19.1. The molecule has 0 spiro atoms. The molecule has 2 aromatic carbocycles. The maximum Gasteiger partial charge on any atom is 0.319 e. The number of halogens is 2. The smallest absolute Gasteiger partial charge is 0.319 e. The van der Waals surface area contributed by atoms with Crippen LogP contribution < -0.4 is 19.7 Å². The summed E-state index contributed by atoms with van der Waals surface area (Å²) >= 11 is 0. The summed E-state index contributed by atoms with van der Waals surface area (Å²) in [6, 6.07) is 10.9. The molecule has 224 valence electrons. The molecule has 0 aliphatic carbocycles. The first-order valence-electron chi connectivity index (χ1n) is 15.2. The van der Waals surface area contributed by atoms with E-state index in [1.165, 1.54) is 6.07 Å². The van der Waals surface area contributed by atoms with Gasteiger partial charge < -0.3 is 24.8 Å². The number of piperazine rings is 1. The number of rotatable bonds is 5. The van der Waals surface area contributed by atoms with Crippen LogP contribution in [0.25, 0.3) is 32.9 Å². The van der Waals surface area contributed by atoms with Gasteiger partial charge >= 0.3 is 6.01 Å². The molecule has 0 saturated carbocycles. The molecule has 4 aliphatic rings. The SMILES string of the molecule is CC[C@@H]1CN2c3nc(OC[C@@]45CCCN4C[C@H](F)C5)nc4c(F)c(-c5cc(O)cc6ccccc56)nc(c34)OC[C@H]2CN1. The Bertz CT molecular complexity index is 1740. The van der Waals surface area contributed by atoms with Crippen molar-refractivity contribution in [1.29, 1.82) is 0 Å². The average Bonchev–Trinajstić information content (AvgIpc) is 3.49. The molecule has 0 bridgehead atoms. The maximum atomic E-state index is 16.8. The van der Waals surface area contributed by atoms with Crippen molar-refractivity contribution in [3.8, 4) is 28.9 Å². The van der Waals surface area contributed by atoms with Crippen molar-refractivity contribution in [1.82, 2.24) is 25.2 Å². The second kappa shape index (κ2) is 10.1. The number of alkyl halides is 1. The fraction of sp³-hybridized carbons (Fsp3) is 0.469. The Balaban J connectivity index is 1.30. The number of hydrogen-bond donors (Lipinski definition) is 2. The number of nitrogens with zero attached hydrogens (tertiary/aromatic N) is 5. The number of benzene rings is 2. The van der Waals surface area contributed by atoms with Crippen LogP contribution >= 0.6 is 0 Å². The minimum atomic E-state index is -0.887. The number of hydrogen-bond acceptors (Lipinski definition) is 9. The molecule has 11 heteroatoms. The summed E-state index contributed by atoms with van der Waals surface area (Å²) in [7, 11) is 0. The van der Waals surface area contributed by atoms with Crippen LogP contribution in [0.15, 0.2) is 36.4 Å². The van der Waals surface area contributed by atoms with E-state index < -0.39 is 17.5 Å². The summed E-state index contributed by atoms with van der Waals surface area (Å²) in [6.07, 6.45) is 2.28. The second-order valence-corrected chi connectivity index (χ2v) is 12.3. The number of nitrogens with one attached hydrogen (secondary N) is 1. The molecule has 4 aromatic rings. The van der Waals surface area contributed by atoms with Gasteiger partial charge in [0.15, 0.2) is 5.82 Å². The molecule has 6 heterocycles. The first-order valence-corrected chi connectivity index (χ1v) is 15.2. The predicted molar refractivity (Wildman–Crippen MR) is 159 cm³/mol. The van der Waals surface area contributed by atoms with Gasteiger partial charge in [0.05, 0.1) is 11.6 Å². The Morgan fingerprint density at radius 3 is 2.95 bits per heavy atom. The lowest BCUT2D eigenvalue weighted by Crippen LogP contribution is -2.58. The lowest BCUT2D eigenvalue weighted by Gasteiger charge is -2.39. The molecule has 0 radical (unpaired) electrons. The van der Waals surface area contributed by atoms with Crippen LogP contribution in [0, 0.1) is 5.82 Å². The summed E-state index contributed by atoms with van der Waals surface area (Å²) in [4.78, 5) is 18.6. The zero-order valence-electron chi connectivity index (χ0n) is 24.0. The largest absolute Gasteiger partial charge is 0.508 e. The van der Waals surface area contributed by atoms with Gasteiger partial charge in [-0.15, -0.1) is 0 Å². The molecule has 3 saturated heterocycles.